The van der Waals surface area contributed by atoms with Crippen LogP contribution in [0.15, 0.2) is 24.3 Å². The van der Waals surface area contributed by atoms with Gasteiger partial charge >= 0.3 is 0 Å². The first kappa shape index (κ1) is 18.4. The fraction of sp³-hybridized carbons (Fsp3) is 0.500. The molecule has 0 radical (unpaired) electrons. The lowest BCUT2D eigenvalue weighted by Gasteiger charge is -2.04. The standard InChI is InChI=1S/C9H9NO.2C2H6.CH4S/c1-10-6-7-4-2-3-5-8(7)9(10)11;3*1-2/h2-5H,6H2,1H3;2*1-2H3;2H,1H3. The molecule has 0 fully saturated rings. The van der Waals surface area contributed by atoms with Crippen molar-refractivity contribution in [2.45, 2.75) is 34.2 Å². The third kappa shape index (κ3) is 5.26. The summed E-state index contributed by atoms with van der Waals surface area (Å²) in [6.07, 6.45) is 1.69. The van der Waals surface area contributed by atoms with E-state index in [1.165, 1.54) is 0 Å². The van der Waals surface area contributed by atoms with Crippen molar-refractivity contribution in [3.63, 3.8) is 0 Å². The minimum atomic E-state index is 0.139. The molecule has 1 aliphatic heterocycles. The van der Waals surface area contributed by atoms with E-state index in [1.54, 1.807) is 11.2 Å². The second-order valence-electron chi connectivity index (χ2n) is 2.82. The molecule has 0 aromatic heterocycles. The lowest BCUT2D eigenvalue weighted by molar-refractivity contribution is 0.0816. The summed E-state index contributed by atoms with van der Waals surface area (Å²) in [7, 11) is 1.82. The van der Waals surface area contributed by atoms with Gasteiger partial charge in [0.1, 0.15) is 0 Å². The number of amides is 1. The number of carbonyl (C=O) groups excluding carboxylic acids is 1. The lowest BCUT2D eigenvalue weighted by Crippen LogP contribution is -2.17. The monoisotopic (exact) mass is 255 g/mol. The normalized spacial score (nSPS) is 11.0. The van der Waals surface area contributed by atoms with Crippen molar-refractivity contribution in [3.8, 4) is 0 Å². The Kier molecular flexibility index (Phi) is 12.5. The predicted molar refractivity (Wildman–Crippen MR) is 79.8 cm³/mol. The topological polar surface area (TPSA) is 20.3 Å². The van der Waals surface area contributed by atoms with E-state index in [9.17, 15) is 4.79 Å². The Morgan fingerprint density at radius 1 is 1.06 bits per heavy atom. The zero-order chi connectivity index (χ0) is 13.8. The van der Waals surface area contributed by atoms with Crippen LogP contribution in [0.1, 0.15) is 43.6 Å². The quantitative estimate of drug-likeness (QED) is 0.698. The van der Waals surface area contributed by atoms with Crippen molar-refractivity contribution in [1.29, 1.82) is 0 Å². The average Bonchev–Trinajstić information content (AvgIpc) is 2.73. The van der Waals surface area contributed by atoms with E-state index in [-0.39, 0.29) is 5.91 Å². The Labute approximate surface area is 111 Å². The van der Waals surface area contributed by atoms with Gasteiger partial charge in [-0.25, -0.2) is 0 Å². The van der Waals surface area contributed by atoms with E-state index in [0.717, 1.165) is 17.7 Å². The highest BCUT2D eigenvalue weighted by Crippen LogP contribution is 2.19. The Bertz CT molecular complexity index is 313. The van der Waals surface area contributed by atoms with Crippen molar-refractivity contribution >= 4 is 18.5 Å². The molecule has 0 bridgehead atoms. The predicted octanol–water partition coefficient (Wildman–Crippen LogP) is 3.87. The summed E-state index contributed by atoms with van der Waals surface area (Å²) in [6.45, 7) is 8.76. The Hall–Kier alpha value is -0.960. The summed E-state index contributed by atoms with van der Waals surface area (Å²) in [4.78, 5) is 13.0. The summed E-state index contributed by atoms with van der Waals surface area (Å²) < 4.78 is 0. The molecule has 1 amide bonds. The minimum absolute atomic E-state index is 0.139. The highest BCUT2D eigenvalue weighted by molar-refractivity contribution is 7.79. The smallest absolute Gasteiger partial charge is 0.254 e. The SMILES string of the molecule is CC.CC.CN1Cc2ccccc2C1=O.CS. The molecule has 0 aliphatic carbocycles. The Balaban J connectivity index is 0. The van der Waals surface area contributed by atoms with Crippen LogP contribution in [0.4, 0.5) is 0 Å². The van der Waals surface area contributed by atoms with Crippen molar-refractivity contribution < 1.29 is 4.79 Å². The van der Waals surface area contributed by atoms with Crippen LogP contribution in [0.3, 0.4) is 0 Å². The van der Waals surface area contributed by atoms with Crippen molar-refractivity contribution in [2.24, 2.45) is 0 Å². The zero-order valence-electron chi connectivity index (χ0n) is 11.8. The van der Waals surface area contributed by atoms with Gasteiger partial charge in [0, 0.05) is 19.2 Å². The molecule has 2 nitrogen and oxygen atoms in total. The van der Waals surface area contributed by atoms with E-state index in [4.69, 9.17) is 0 Å². The number of benzene rings is 1. The largest absolute Gasteiger partial charge is 0.337 e. The van der Waals surface area contributed by atoms with Crippen molar-refractivity contribution in [1.82, 2.24) is 4.90 Å². The van der Waals surface area contributed by atoms with Gasteiger partial charge in [-0.1, -0.05) is 45.9 Å². The summed E-state index contributed by atoms with van der Waals surface area (Å²) in [5.41, 5.74) is 2.00. The molecular formula is C14H25NOS. The molecule has 2 rings (SSSR count). The van der Waals surface area contributed by atoms with Gasteiger partial charge in [-0.3, -0.25) is 4.79 Å². The van der Waals surface area contributed by atoms with Gasteiger partial charge in [-0.2, -0.15) is 12.6 Å². The average molecular weight is 255 g/mol. The van der Waals surface area contributed by atoms with Crippen molar-refractivity contribution in [2.75, 3.05) is 13.3 Å². The Morgan fingerprint density at radius 2 is 1.53 bits per heavy atom. The van der Waals surface area contributed by atoms with Crippen LogP contribution in [-0.2, 0) is 6.54 Å². The van der Waals surface area contributed by atoms with Gasteiger partial charge in [-0.05, 0) is 17.9 Å². The van der Waals surface area contributed by atoms with E-state index in [0.29, 0.717) is 0 Å². The summed E-state index contributed by atoms with van der Waals surface area (Å²) in [5.74, 6) is 0.139. The van der Waals surface area contributed by atoms with Crippen LogP contribution < -0.4 is 0 Å². The summed E-state index contributed by atoms with van der Waals surface area (Å²) in [6, 6.07) is 7.74. The molecule has 0 N–H and O–H groups in total. The zero-order valence-corrected chi connectivity index (χ0v) is 12.7. The van der Waals surface area contributed by atoms with Crippen LogP contribution in [0, 0.1) is 0 Å². The molecule has 1 aromatic rings. The van der Waals surface area contributed by atoms with Crippen LogP contribution in [0.25, 0.3) is 0 Å². The van der Waals surface area contributed by atoms with Gasteiger partial charge < -0.3 is 4.90 Å². The van der Waals surface area contributed by atoms with Crippen molar-refractivity contribution in [3.05, 3.63) is 35.4 Å². The first-order valence-corrected chi connectivity index (χ1v) is 6.96. The first-order chi connectivity index (χ1) is 8.29. The summed E-state index contributed by atoms with van der Waals surface area (Å²) in [5, 5.41) is 0. The molecule has 0 saturated heterocycles. The Morgan fingerprint density at radius 3 is 2.00 bits per heavy atom. The maximum absolute atomic E-state index is 11.3. The van der Waals surface area contributed by atoms with Gasteiger partial charge in [0.15, 0.2) is 0 Å². The fourth-order valence-corrected chi connectivity index (χ4v) is 1.40. The number of nitrogens with zero attached hydrogens (tertiary/aromatic N) is 1. The van der Waals surface area contributed by atoms with Gasteiger partial charge in [0.2, 0.25) is 0 Å². The van der Waals surface area contributed by atoms with Gasteiger partial charge in [0.05, 0.1) is 0 Å². The van der Waals surface area contributed by atoms with Gasteiger partial charge in [0.25, 0.3) is 5.91 Å². The second-order valence-corrected chi connectivity index (χ2v) is 2.82. The number of rotatable bonds is 0. The molecule has 98 valence electrons. The molecule has 17 heavy (non-hydrogen) atoms. The molecule has 0 atom stereocenters. The maximum atomic E-state index is 11.3. The number of thiol groups is 1. The molecule has 3 heteroatoms. The number of fused-ring (bicyclic) bond motifs is 1. The first-order valence-electron chi connectivity index (χ1n) is 6.07. The highest BCUT2D eigenvalue weighted by atomic mass is 32.1. The molecule has 0 unspecified atom stereocenters. The van der Waals surface area contributed by atoms with E-state index >= 15 is 0 Å². The van der Waals surface area contributed by atoms with E-state index in [1.807, 2.05) is 59.0 Å². The molecule has 0 spiro atoms. The number of hydrogen-bond donors (Lipinski definition) is 1. The lowest BCUT2D eigenvalue weighted by atomic mass is 10.1. The third-order valence-electron chi connectivity index (χ3n) is 2.00. The van der Waals surface area contributed by atoms with E-state index < -0.39 is 0 Å². The highest BCUT2D eigenvalue weighted by Gasteiger charge is 2.22. The van der Waals surface area contributed by atoms with E-state index in [2.05, 4.69) is 12.6 Å². The van der Waals surface area contributed by atoms with Crippen LogP contribution >= 0.6 is 12.6 Å². The fourth-order valence-electron chi connectivity index (χ4n) is 1.40. The van der Waals surface area contributed by atoms with Crippen LogP contribution in [0.2, 0.25) is 0 Å². The molecular weight excluding hydrogens is 230 g/mol. The van der Waals surface area contributed by atoms with Crippen LogP contribution in [-0.4, -0.2) is 24.1 Å². The van der Waals surface area contributed by atoms with Crippen LogP contribution in [0.5, 0.6) is 0 Å². The molecule has 1 heterocycles. The molecule has 1 aromatic carbocycles. The minimum Gasteiger partial charge on any atom is -0.337 e. The maximum Gasteiger partial charge on any atom is 0.254 e. The summed E-state index contributed by atoms with van der Waals surface area (Å²) >= 11 is 3.53. The number of hydrogen-bond acceptors (Lipinski definition) is 2. The molecule has 0 saturated carbocycles. The molecule has 1 aliphatic rings. The second kappa shape index (κ2) is 11.5. The number of carbonyl (C=O) groups is 1. The third-order valence-corrected chi connectivity index (χ3v) is 2.00. The van der Waals surface area contributed by atoms with Gasteiger partial charge in [-0.15, -0.1) is 0 Å².